The maximum absolute atomic E-state index is 12.6. The number of carbonyl (C=O) groups is 2. The van der Waals surface area contributed by atoms with Gasteiger partial charge in [0, 0.05) is 5.67 Å². The summed E-state index contributed by atoms with van der Waals surface area (Å²) in [7, 11) is -0.818. The van der Waals surface area contributed by atoms with Crippen molar-refractivity contribution in [1.29, 1.82) is 0 Å². The summed E-state index contributed by atoms with van der Waals surface area (Å²) in [4.78, 5) is 26.6. The topological polar surface area (TPSA) is 37.4 Å². The third-order valence-electron chi connectivity index (χ3n) is 4.81. The molecule has 0 saturated heterocycles. The maximum Gasteiger partial charge on any atom is 0.261 e. The van der Waals surface area contributed by atoms with E-state index in [9.17, 15) is 9.59 Å². The number of imide groups is 1. The van der Waals surface area contributed by atoms with E-state index in [1.165, 1.54) is 10.5 Å². The van der Waals surface area contributed by atoms with Crippen molar-refractivity contribution in [2.75, 3.05) is 0 Å². The summed E-state index contributed by atoms with van der Waals surface area (Å²) in [5.74, 6) is -0.258. The number of hydrogen-bond acceptors (Lipinski definition) is 2. The molecule has 4 heteroatoms. The molecular formula is C20H22NO2Si. The molecule has 0 bridgehead atoms. The first kappa shape index (κ1) is 16.6. The second-order valence-corrected chi connectivity index (χ2v) is 9.42. The summed E-state index contributed by atoms with van der Waals surface area (Å²) in [6.07, 6.45) is 2.15. The Morgan fingerprint density at radius 1 is 0.917 bits per heavy atom. The quantitative estimate of drug-likeness (QED) is 0.591. The molecule has 2 aromatic carbocycles. The highest BCUT2D eigenvalue weighted by molar-refractivity contribution is 6.59. The Labute approximate surface area is 144 Å². The lowest BCUT2D eigenvalue weighted by Crippen LogP contribution is -2.46. The van der Waals surface area contributed by atoms with Crippen molar-refractivity contribution < 1.29 is 9.59 Å². The van der Waals surface area contributed by atoms with Gasteiger partial charge in [-0.05, 0) is 31.0 Å². The lowest BCUT2D eigenvalue weighted by molar-refractivity contribution is 0.0638. The molecule has 2 aromatic rings. The van der Waals surface area contributed by atoms with E-state index >= 15 is 0 Å². The molecule has 1 radical (unpaired) electrons. The van der Waals surface area contributed by atoms with Gasteiger partial charge in [0.2, 0.25) is 0 Å². The molecule has 1 atom stereocenters. The van der Waals surface area contributed by atoms with Crippen LogP contribution in [0.2, 0.25) is 12.6 Å². The van der Waals surface area contributed by atoms with Crippen LogP contribution in [0.15, 0.2) is 54.6 Å². The third kappa shape index (κ3) is 3.19. The zero-order chi connectivity index (χ0) is 17.1. The molecule has 1 heterocycles. The zero-order valence-corrected chi connectivity index (χ0v) is 15.2. The number of amides is 2. The lowest BCUT2D eigenvalue weighted by atomic mass is 10.1. The number of fused-ring (bicyclic) bond motifs is 1. The summed E-state index contributed by atoms with van der Waals surface area (Å²) >= 11 is 0. The van der Waals surface area contributed by atoms with E-state index in [0.29, 0.717) is 11.1 Å². The van der Waals surface area contributed by atoms with Crippen LogP contribution in [0.5, 0.6) is 0 Å². The van der Waals surface area contributed by atoms with E-state index in [0.717, 1.165) is 18.9 Å². The second kappa shape index (κ2) is 7.14. The van der Waals surface area contributed by atoms with Crippen molar-refractivity contribution in [2.24, 2.45) is 0 Å². The van der Waals surface area contributed by atoms with E-state index in [-0.39, 0.29) is 17.5 Å². The first-order valence-corrected chi connectivity index (χ1v) is 10.7. The van der Waals surface area contributed by atoms with Gasteiger partial charge in [0.15, 0.2) is 0 Å². The molecule has 1 aliphatic heterocycles. The Hall–Kier alpha value is -2.20. The number of nitrogens with zero attached hydrogens (tertiary/aromatic N) is 1. The van der Waals surface area contributed by atoms with Gasteiger partial charge in [-0.1, -0.05) is 61.5 Å². The van der Waals surface area contributed by atoms with Crippen molar-refractivity contribution in [1.82, 2.24) is 4.90 Å². The summed E-state index contributed by atoms with van der Waals surface area (Å²) in [6, 6.07) is 18.7. The van der Waals surface area contributed by atoms with Crippen molar-refractivity contribution in [3.63, 3.8) is 0 Å². The summed E-state index contributed by atoms with van der Waals surface area (Å²) in [5.41, 5.74) is 2.46. The summed E-state index contributed by atoms with van der Waals surface area (Å²) in [5, 5.41) is 0. The average molecular weight is 336 g/mol. The molecule has 0 spiro atoms. The van der Waals surface area contributed by atoms with Gasteiger partial charge < -0.3 is 0 Å². The van der Waals surface area contributed by atoms with Gasteiger partial charge in [0.25, 0.3) is 11.8 Å². The number of benzene rings is 2. The Kier molecular flexibility index (Phi) is 4.95. The maximum atomic E-state index is 12.6. The molecule has 24 heavy (non-hydrogen) atoms. The molecule has 0 aliphatic carbocycles. The molecule has 0 fully saturated rings. The Morgan fingerprint density at radius 2 is 1.46 bits per heavy atom. The minimum Gasteiger partial charge on any atom is -0.275 e. The van der Waals surface area contributed by atoms with Crippen LogP contribution in [0.25, 0.3) is 0 Å². The molecule has 2 amide bonds. The predicted molar refractivity (Wildman–Crippen MR) is 97.6 cm³/mol. The van der Waals surface area contributed by atoms with Crippen LogP contribution in [0, 0.1) is 0 Å². The highest BCUT2D eigenvalue weighted by Crippen LogP contribution is 2.26. The summed E-state index contributed by atoms with van der Waals surface area (Å²) < 4.78 is 0. The number of aryl methyl sites for hydroxylation is 1. The first-order chi connectivity index (χ1) is 11.6. The van der Waals surface area contributed by atoms with E-state index in [4.69, 9.17) is 0 Å². The van der Waals surface area contributed by atoms with E-state index in [1.807, 2.05) is 25.1 Å². The third-order valence-corrected chi connectivity index (χ3v) is 7.63. The van der Waals surface area contributed by atoms with Crippen molar-refractivity contribution in [2.45, 2.75) is 38.0 Å². The minimum absolute atomic E-state index is 0.0122. The molecule has 0 aromatic heterocycles. The van der Waals surface area contributed by atoms with Gasteiger partial charge in [0.05, 0.1) is 19.9 Å². The Balaban J connectivity index is 1.61. The van der Waals surface area contributed by atoms with E-state index < -0.39 is 8.80 Å². The lowest BCUT2D eigenvalue weighted by Gasteiger charge is -2.27. The van der Waals surface area contributed by atoms with Crippen molar-refractivity contribution >= 4 is 20.6 Å². The highest BCUT2D eigenvalue weighted by Gasteiger charge is 2.39. The van der Waals surface area contributed by atoms with Crippen molar-refractivity contribution in [3.8, 4) is 0 Å². The predicted octanol–water partition coefficient (Wildman–Crippen LogP) is 3.97. The normalized spacial score (nSPS) is 15.0. The standard InChI is InChI=1S/C20H22NO2Si/c1-15(24(2)14-8-11-16-9-4-3-5-10-16)21-19(22)17-12-6-7-13-18(17)20(21)23/h3-7,9-10,12-13,15H,8,11,14H2,1-2H3. The van der Waals surface area contributed by atoms with Gasteiger partial charge in [-0.25, -0.2) is 0 Å². The average Bonchev–Trinajstić information content (AvgIpc) is 2.86. The first-order valence-electron chi connectivity index (χ1n) is 8.42. The molecular weight excluding hydrogens is 314 g/mol. The van der Waals surface area contributed by atoms with Crippen LogP contribution >= 0.6 is 0 Å². The van der Waals surface area contributed by atoms with Crippen LogP contribution in [-0.2, 0) is 6.42 Å². The SMILES string of the molecule is CC(N1C(=O)c2ccccc2C1=O)[Si](C)CCCc1ccccc1. The summed E-state index contributed by atoms with van der Waals surface area (Å²) in [6.45, 7) is 4.25. The molecule has 0 N–H and O–H groups in total. The fraction of sp³-hybridized carbons (Fsp3) is 0.300. The van der Waals surface area contributed by atoms with Gasteiger partial charge in [0.1, 0.15) is 0 Å². The number of hydrogen-bond donors (Lipinski definition) is 0. The number of rotatable bonds is 6. The second-order valence-electron chi connectivity index (χ2n) is 6.39. The minimum atomic E-state index is -0.818. The Morgan fingerprint density at radius 3 is 2.04 bits per heavy atom. The van der Waals surface area contributed by atoms with Crippen molar-refractivity contribution in [3.05, 3.63) is 71.3 Å². The highest BCUT2D eigenvalue weighted by atomic mass is 28.3. The smallest absolute Gasteiger partial charge is 0.261 e. The van der Waals surface area contributed by atoms with Gasteiger partial charge >= 0.3 is 0 Å². The monoisotopic (exact) mass is 336 g/mol. The molecule has 123 valence electrons. The van der Waals surface area contributed by atoms with E-state index in [1.54, 1.807) is 12.1 Å². The van der Waals surface area contributed by atoms with Gasteiger partial charge in [-0.3, -0.25) is 14.5 Å². The van der Waals surface area contributed by atoms with Crippen LogP contribution in [0.4, 0.5) is 0 Å². The molecule has 3 rings (SSSR count). The van der Waals surface area contributed by atoms with Crippen LogP contribution in [0.3, 0.4) is 0 Å². The fourth-order valence-corrected chi connectivity index (χ4v) is 5.03. The molecule has 1 unspecified atom stereocenters. The van der Waals surface area contributed by atoms with Crippen LogP contribution in [0.1, 0.15) is 39.6 Å². The Bertz CT molecular complexity index is 709. The number of carbonyl (C=O) groups excluding carboxylic acids is 2. The van der Waals surface area contributed by atoms with E-state index in [2.05, 4.69) is 30.8 Å². The van der Waals surface area contributed by atoms with Crippen LogP contribution < -0.4 is 0 Å². The molecule has 1 aliphatic rings. The largest absolute Gasteiger partial charge is 0.275 e. The molecule has 3 nitrogen and oxygen atoms in total. The van der Waals surface area contributed by atoms with Gasteiger partial charge in [-0.15, -0.1) is 0 Å². The fourth-order valence-electron chi connectivity index (χ4n) is 3.20. The van der Waals surface area contributed by atoms with Crippen LogP contribution in [-0.4, -0.2) is 31.2 Å². The zero-order valence-electron chi connectivity index (χ0n) is 14.2. The van der Waals surface area contributed by atoms with Gasteiger partial charge in [-0.2, -0.15) is 0 Å². The molecule has 0 saturated carbocycles.